The molecule has 0 radical (unpaired) electrons. The molecule has 0 unspecified atom stereocenters. The Morgan fingerprint density at radius 3 is 2.83 bits per heavy atom. The highest BCUT2D eigenvalue weighted by Gasteiger charge is 2.06. The van der Waals surface area contributed by atoms with Crippen molar-refractivity contribution in [3.63, 3.8) is 0 Å². The van der Waals surface area contributed by atoms with Crippen LogP contribution in [0.15, 0.2) is 36.5 Å². The molecular formula is C13H10FN3O. The van der Waals surface area contributed by atoms with E-state index in [1.165, 1.54) is 12.1 Å². The van der Waals surface area contributed by atoms with Gasteiger partial charge < -0.3 is 10.1 Å². The molecule has 2 aromatic rings. The zero-order valence-electron chi connectivity index (χ0n) is 9.64. The molecule has 1 N–H and O–H groups in total. The lowest BCUT2D eigenvalue weighted by molar-refractivity contribution is 0.442. The van der Waals surface area contributed by atoms with E-state index in [-0.39, 0.29) is 11.3 Å². The van der Waals surface area contributed by atoms with Gasteiger partial charge in [0.05, 0.1) is 11.6 Å². The molecule has 5 heteroatoms. The molecule has 1 heterocycles. The number of benzene rings is 1. The number of nitriles is 1. The lowest BCUT2D eigenvalue weighted by Crippen LogP contribution is -1.93. The van der Waals surface area contributed by atoms with Gasteiger partial charge in [-0.1, -0.05) is 0 Å². The second kappa shape index (κ2) is 5.15. The van der Waals surface area contributed by atoms with Gasteiger partial charge in [0.25, 0.3) is 0 Å². The molecule has 0 bridgehead atoms. The Balaban J connectivity index is 2.26. The van der Waals surface area contributed by atoms with E-state index < -0.39 is 5.82 Å². The molecule has 0 saturated heterocycles. The average Bonchev–Trinajstić information content (AvgIpc) is 2.41. The number of hydrogen-bond acceptors (Lipinski definition) is 4. The summed E-state index contributed by atoms with van der Waals surface area (Å²) in [7, 11) is 1.73. The number of pyridine rings is 1. The number of hydrogen-bond donors (Lipinski definition) is 1. The molecule has 0 aliphatic carbocycles. The first-order valence-electron chi connectivity index (χ1n) is 5.24. The Kier molecular flexibility index (Phi) is 3.39. The van der Waals surface area contributed by atoms with Crippen molar-refractivity contribution in [3.8, 4) is 17.6 Å². The molecular weight excluding hydrogens is 233 g/mol. The lowest BCUT2D eigenvalue weighted by atomic mass is 10.2. The molecule has 2 rings (SSSR count). The van der Waals surface area contributed by atoms with E-state index in [1.54, 1.807) is 25.4 Å². The van der Waals surface area contributed by atoms with E-state index in [2.05, 4.69) is 10.3 Å². The number of aromatic nitrogens is 1. The summed E-state index contributed by atoms with van der Waals surface area (Å²) < 4.78 is 19.0. The van der Waals surface area contributed by atoms with Crippen molar-refractivity contribution in [1.29, 1.82) is 5.26 Å². The number of rotatable bonds is 3. The monoisotopic (exact) mass is 243 g/mol. The van der Waals surface area contributed by atoms with E-state index in [0.29, 0.717) is 11.6 Å². The summed E-state index contributed by atoms with van der Waals surface area (Å²) in [5, 5.41) is 11.5. The van der Waals surface area contributed by atoms with Gasteiger partial charge >= 0.3 is 0 Å². The average molecular weight is 243 g/mol. The number of halogens is 1. The Morgan fingerprint density at radius 1 is 1.33 bits per heavy atom. The minimum Gasteiger partial charge on any atom is -0.454 e. The zero-order valence-corrected chi connectivity index (χ0v) is 9.64. The van der Waals surface area contributed by atoms with Crippen molar-refractivity contribution < 1.29 is 9.13 Å². The summed E-state index contributed by atoms with van der Waals surface area (Å²) in [6, 6.07) is 9.19. The molecule has 1 aromatic heterocycles. The van der Waals surface area contributed by atoms with Crippen LogP contribution in [-0.4, -0.2) is 12.0 Å². The first-order valence-corrected chi connectivity index (χ1v) is 5.24. The number of nitrogens with one attached hydrogen (secondary N) is 1. The van der Waals surface area contributed by atoms with Crippen LogP contribution in [0.2, 0.25) is 0 Å². The molecule has 0 fully saturated rings. The zero-order chi connectivity index (χ0) is 13.0. The smallest absolute Gasteiger partial charge is 0.167 e. The van der Waals surface area contributed by atoms with Gasteiger partial charge in [-0.2, -0.15) is 5.26 Å². The number of anilines is 1. The fourth-order valence-electron chi connectivity index (χ4n) is 1.39. The number of ether oxygens (including phenoxy) is 1. The van der Waals surface area contributed by atoms with E-state index in [0.717, 1.165) is 6.07 Å². The predicted octanol–water partition coefficient (Wildman–Crippen LogP) is 2.93. The summed E-state index contributed by atoms with van der Waals surface area (Å²) in [6.07, 6.45) is 1.56. The summed E-state index contributed by atoms with van der Waals surface area (Å²) in [5.41, 5.74) is 0.255. The van der Waals surface area contributed by atoms with Crippen molar-refractivity contribution in [3.05, 3.63) is 47.9 Å². The maximum atomic E-state index is 13.6. The van der Waals surface area contributed by atoms with Crippen LogP contribution in [0.1, 0.15) is 5.56 Å². The van der Waals surface area contributed by atoms with E-state index in [4.69, 9.17) is 10.00 Å². The van der Waals surface area contributed by atoms with Gasteiger partial charge in [-0.25, -0.2) is 9.37 Å². The van der Waals surface area contributed by atoms with Crippen LogP contribution in [-0.2, 0) is 0 Å². The van der Waals surface area contributed by atoms with Crippen LogP contribution in [0.25, 0.3) is 0 Å². The van der Waals surface area contributed by atoms with Crippen LogP contribution >= 0.6 is 0 Å². The van der Waals surface area contributed by atoms with Crippen molar-refractivity contribution in [2.75, 3.05) is 12.4 Å². The SMILES string of the molecule is CNc1cc(Oc2ccc(C#N)cc2F)ccn1. The molecule has 0 aliphatic rings. The molecule has 1 aromatic carbocycles. The van der Waals surface area contributed by atoms with Gasteiger partial charge in [0.1, 0.15) is 11.6 Å². The standard InChI is InChI=1S/C13H10FN3O/c1-16-13-7-10(4-5-17-13)18-12-3-2-9(8-15)6-11(12)14/h2-7H,1H3,(H,16,17). The van der Waals surface area contributed by atoms with E-state index in [1.807, 2.05) is 6.07 Å². The molecule has 90 valence electrons. The van der Waals surface area contributed by atoms with E-state index >= 15 is 0 Å². The molecule has 0 saturated carbocycles. The van der Waals surface area contributed by atoms with Crippen molar-refractivity contribution in [1.82, 2.24) is 4.98 Å². The Morgan fingerprint density at radius 2 is 2.17 bits per heavy atom. The number of nitrogens with zero attached hydrogens (tertiary/aromatic N) is 2. The summed E-state index contributed by atoms with van der Waals surface area (Å²) in [4.78, 5) is 4.02. The molecule has 0 atom stereocenters. The van der Waals surface area contributed by atoms with Crippen LogP contribution in [0.5, 0.6) is 11.5 Å². The van der Waals surface area contributed by atoms with Crippen LogP contribution in [0.3, 0.4) is 0 Å². The third-order valence-electron chi connectivity index (χ3n) is 2.28. The van der Waals surface area contributed by atoms with Crippen LogP contribution in [0, 0.1) is 17.1 Å². The molecule has 4 nitrogen and oxygen atoms in total. The maximum absolute atomic E-state index is 13.6. The van der Waals surface area contributed by atoms with Gasteiger partial charge in [-0.3, -0.25) is 0 Å². The summed E-state index contributed by atoms with van der Waals surface area (Å²) in [6.45, 7) is 0. The Hall–Kier alpha value is -2.61. The highest BCUT2D eigenvalue weighted by molar-refractivity contribution is 5.43. The quantitative estimate of drug-likeness (QED) is 0.900. The topological polar surface area (TPSA) is 57.9 Å². The highest BCUT2D eigenvalue weighted by atomic mass is 19.1. The third-order valence-corrected chi connectivity index (χ3v) is 2.28. The van der Waals surface area contributed by atoms with Crippen LogP contribution in [0.4, 0.5) is 10.2 Å². The lowest BCUT2D eigenvalue weighted by Gasteiger charge is -2.07. The second-order valence-electron chi connectivity index (χ2n) is 3.49. The van der Waals surface area contributed by atoms with Gasteiger partial charge in [-0.15, -0.1) is 0 Å². The maximum Gasteiger partial charge on any atom is 0.167 e. The van der Waals surface area contributed by atoms with Gasteiger partial charge in [0, 0.05) is 19.3 Å². The molecule has 0 aliphatic heterocycles. The molecule has 0 amide bonds. The largest absolute Gasteiger partial charge is 0.454 e. The van der Waals surface area contributed by atoms with Gasteiger partial charge in [0.15, 0.2) is 11.6 Å². The van der Waals surface area contributed by atoms with Crippen molar-refractivity contribution in [2.45, 2.75) is 0 Å². The summed E-state index contributed by atoms with van der Waals surface area (Å²) in [5.74, 6) is 0.596. The van der Waals surface area contributed by atoms with Crippen LogP contribution < -0.4 is 10.1 Å². The van der Waals surface area contributed by atoms with Crippen molar-refractivity contribution >= 4 is 5.82 Å². The normalized spacial score (nSPS) is 9.61. The second-order valence-corrected chi connectivity index (χ2v) is 3.49. The molecule has 18 heavy (non-hydrogen) atoms. The highest BCUT2D eigenvalue weighted by Crippen LogP contribution is 2.25. The van der Waals surface area contributed by atoms with E-state index in [9.17, 15) is 4.39 Å². The fourth-order valence-corrected chi connectivity index (χ4v) is 1.39. The van der Waals surface area contributed by atoms with Gasteiger partial charge in [0.2, 0.25) is 0 Å². The minimum absolute atomic E-state index is 0.0715. The fraction of sp³-hybridized carbons (Fsp3) is 0.0769. The third kappa shape index (κ3) is 2.55. The van der Waals surface area contributed by atoms with Gasteiger partial charge in [-0.05, 0) is 24.3 Å². The predicted molar refractivity (Wildman–Crippen MR) is 65.0 cm³/mol. The minimum atomic E-state index is -0.572. The summed E-state index contributed by atoms with van der Waals surface area (Å²) >= 11 is 0. The Bertz CT molecular complexity index is 607. The Labute approximate surface area is 104 Å². The first-order chi connectivity index (χ1) is 8.72. The molecule has 0 spiro atoms. The first kappa shape index (κ1) is 11.9. The van der Waals surface area contributed by atoms with Crippen molar-refractivity contribution in [2.24, 2.45) is 0 Å².